The molecule has 11 nitrogen and oxygen atoms in total. The predicted octanol–water partition coefficient (Wildman–Crippen LogP) is 3.46. The van der Waals surface area contributed by atoms with Gasteiger partial charge in [0.05, 0.1) is 17.8 Å². The molecule has 47 heavy (non-hydrogen) atoms. The van der Waals surface area contributed by atoms with E-state index in [1.54, 1.807) is 35.0 Å². The number of aliphatic hydroxyl groups excluding tert-OH is 1. The van der Waals surface area contributed by atoms with E-state index >= 15 is 0 Å². The summed E-state index contributed by atoms with van der Waals surface area (Å²) in [6, 6.07) is -0.135. The Hall–Kier alpha value is -1.18. The van der Waals surface area contributed by atoms with Gasteiger partial charge in [-0.05, 0) is 112 Å². The van der Waals surface area contributed by atoms with Gasteiger partial charge < -0.3 is 38.6 Å². The van der Waals surface area contributed by atoms with Crippen molar-refractivity contribution < 1.29 is 38.4 Å². The van der Waals surface area contributed by atoms with E-state index in [4.69, 9.17) is 23.7 Å². The number of rotatable bonds is 10. The maximum absolute atomic E-state index is 14.3. The molecule has 1 N–H and O–H groups in total. The molecule has 274 valence electrons. The molecule has 0 aromatic carbocycles. The first kappa shape index (κ1) is 40.3. The average molecular weight is 670 g/mol. The molecule has 0 bridgehead atoms. The minimum absolute atomic E-state index is 0.0339. The molecule has 3 aliphatic rings. The monoisotopic (exact) mass is 669 g/mol. The predicted molar refractivity (Wildman–Crippen MR) is 182 cm³/mol. The van der Waals surface area contributed by atoms with Crippen LogP contribution in [0.25, 0.3) is 0 Å². The van der Waals surface area contributed by atoms with E-state index in [2.05, 4.69) is 23.8 Å². The summed E-state index contributed by atoms with van der Waals surface area (Å²) in [7, 11) is 9.37. The molecule has 11 heteroatoms. The lowest BCUT2D eigenvalue weighted by Gasteiger charge is -2.47. The second-order valence-electron chi connectivity index (χ2n) is 15.8. The number of aliphatic hydroxyl groups is 1. The summed E-state index contributed by atoms with van der Waals surface area (Å²) in [4.78, 5) is 34.8. The van der Waals surface area contributed by atoms with Crippen molar-refractivity contribution in [2.24, 2.45) is 23.2 Å². The number of ketones is 1. The highest BCUT2D eigenvalue weighted by Gasteiger charge is 2.51. The zero-order valence-electron chi connectivity index (χ0n) is 31.3. The highest BCUT2D eigenvalue weighted by Crippen LogP contribution is 2.38. The summed E-state index contributed by atoms with van der Waals surface area (Å²) in [5.41, 5.74) is -2.32. The van der Waals surface area contributed by atoms with Crippen molar-refractivity contribution in [3.63, 3.8) is 0 Å². The largest absolute Gasteiger partial charge is 0.463 e. The quantitative estimate of drug-likeness (QED) is 0.210. The number of cyclic esters (lactones) is 1. The van der Waals surface area contributed by atoms with Crippen LogP contribution in [-0.2, 0) is 33.3 Å². The van der Waals surface area contributed by atoms with E-state index in [-0.39, 0.29) is 36.5 Å². The van der Waals surface area contributed by atoms with Crippen LogP contribution in [0.4, 0.5) is 0 Å². The summed E-state index contributed by atoms with van der Waals surface area (Å²) in [5.74, 6) is -0.850. The lowest BCUT2D eigenvalue weighted by Crippen LogP contribution is -2.59. The molecule has 0 saturated carbocycles. The van der Waals surface area contributed by atoms with Gasteiger partial charge in [0.25, 0.3) is 0 Å². The number of methoxy groups -OCH3 is 2. The van der Waals surface area contributed by atoms with Crippen LogP contribution in [0.15, 0.2) is 0 Å². The van der Waals surface area contributed by atoms with Crippen LogP contribution in [0.1, 0.15) is 80.1 Å². The molecule has 3 saturated heterocycles. The van der Waals surface area contributed by atoms with Gasteiger partial charge in [-0.3, -0.25) is 14.5 Å². The van der Waals surface area contributed by atoms with E-state index < -0.39 is 41.4 Å². The third-order valence-electron chi connectivity index (χ3n) is 11.1. The number of hydrogen-bond donors (Lipinski definition) is 1. The Labute approximate surface area is 284 Å². The second-order valence-corrected chi connectivity index (χ2v) is 15.8. The molecule has 3 fully saturated rings. The molecule has 3 aliphatic heterocycles. The molecular formula is C36H67N3O8. The van der Waals surface area contributed by atoms with Crippen LogP contribution in [0.3, 0.4) is 0 Å². The van der Waals surface area contributed by atoms with Gasteiger partial charge in [-0.1, -0.05) is 13.8 Å². The van der Waals surface area contributed by atoms with Gasteiger partial charge >= 0.3 is 5.97 Å². The Kier molecular flexibility index (Phi) is 15.1. The summed E-state index contributed by atoms with van der Waals surface area (Å²) in [6.45, 7) is 16.2. The Bertz CT molecular complexity index is 989. The Morgan fingerprint density at radius 3 is 2.32 bits per heavy atom. The van der Waals surface area contributed by atoms with E-state index in [1.165, 1.54) is 0 Å². The number of esters is 1. The van der Waals surface area contributed by atoms with Gasteiger partial charge in [-0.2, -0.15) is 0 Å². The van der Waals surface area contributed by atoms with Crippen LogP contribution in [0.5, 0.6) is 0 Å². The summed E-state index contributed by atoms with van der Waals surface area (Å²) in [6.07, 6.45) is 2.65. The van der Waals surface area contributed by atoms with Gasteiger partial charge in [0, 0.05) is 51.9 Å². The molecule has 0 unspecified atom stereocenters. The van der Waals surface area contributed by atoms with E-state index in [1.807, 2.05) is 32.8 Å². The van der Waals surface area contributed by atoms with E-state index in [9.17, 15) is 14.7 Å². The smallest absolute Gasteiger partial charge is 0.319 e. The van der Waals surface area contributed by atoms with Crippen molar-refractivity contribution in [1.29, 1.82) is 0 Å². The maximum Gasteiger partial charge on any atom is 0.319 e. The van der Waals surface area contributed by atoms with E-state index in [0.29, 0.717) is 18.8 Å². The Balaban J connectivity index is 1.86. The van der Waals surface area contributed by atoms with Gasteiger partial charge in [0.1, 0.15) is 18.1 Å². The van der Waals surface area contributed by atoms with Crippen molar-refractivity contribution in [3.8, 4) is 0 Å². The number of likely N-dealkylation sites (tertiary alicyclic amines) is 1. The summed E-state index contributed by atoms with van der Waals surface area (Å²) in [5, 5.41) is 11.3. The van der Waals surface area contributed by atoms with Crippen molar-refractivity contribution in [3.05, 3.63) is 0 Å². The van der Waals surface area contributed by atoms with Crippen LogP contribution in [-0.4, -0.2) is 149 Å². The first-order valence-corrected chi connectivity index (χ1v) is 17.9. The zero-order chi connectivity index (χ0) is 35.1. The zero-order valence-corrected chi connectivity index (χ0v) is 31.3. The lowest BCUT2D eigenvalue weighted by molar-refractivity contribution is -0.295. The van der Waals surface area contributed by atoms with Crippen molar-refractivity contribution >= 4 is 11.8 Å². The van der Waals surface area contributed by atoms with Crippen LogP contribution in [0, 0.1) is 23.2 Å². The lowest BCUT2D eigenvalue weighted by atomic mass is 9.74. The minimum atomic E-state index is -1.41. The fraction of sp³-hybridized carbons (Fsp3) is 0.944. The highest BCUT2D eigenvalue weighted by atomic mass is 16.7. The minimum Gasteiger partial charge on any atom is -0.463 e. The van der Waals surface area contributed by atoms with Crippen LogP contribution >= 0.6 is 0 Å². The molecular weight excluding hydrogens is 602 g/mol. The molecule has 0 spiro atoms. The molecule has 0 aliphatic carbocycles. The SMILES string of the molecule is COCCCN1CCC(C[C@@H]2COC(=O)C(C)(C)C(=O)[C@H](C)[C@@H](O[C@@H]3O[C@H](C)C[C@H](N(C)C)[C@H]3O)[C@](C)(OC)C[C@@H](C)CN2C)CC1. The molecule has 3 rings (SSSR count). The summed E-state index contributed by atoms with van der Waals surface area (Å²) < 4.78 is 30.3. The Morgan fingerprint density at radius 1 is 1.06 bits per heavy atom. The molecule has 0 aromatic rings. The average Bonchev–Trinajstić information content (AvgIpc) is 3.02. The standard InChI is InChI=1S/C36H67N3O8/c1-24-21-36(6,44-11)32(47-33-30(40)29(37(7)8)19-25(2)46-33)26(3)31(41)35(4,5)34(42)45-23-28(38(9)22-24)20-27-13-16-39(17-14-27)15-12-18-43-10/h24-30,32-33,40H,12-23H2,1-11H3/t24-,25-,26+,28-,29+,30-,32-,33+,36-/m1/s1. The van der Waals surface area contributed by atoms with Gasteiger partial charge in [-0.15, -0.1) is 0 Å². The second kappa shape index (κ2) is 17.7. The van der Waals surface area contributed by atoms with Gasteiger partial charge in [0.15, 0.2) is 12.1 Å². The number of Topliss-reactive ketones (excluding diaryl/α,β-unsaturated/α-hetero) is 1. The number of nitrogens with zero attached hydrogens (tertiary/aromatic N) is 3. The van der Waals surface area contributed by atoms with Crippen molar-refractivity contribution in [2.75, 3.05) is 74.8 Å². The number of carbonyl (C=O) groups excluding carboxylic acids is 2. The van der Waals surface area contributed by atoms with Gasteiger partial charge in [0.2, 0.25) is 0 Å². The van der Waals surface area contributed by atoms with Crippen LogP contribution < -0.4 is 0 Å². The fourth-order valence-electron chi connectivity index (χ4n) is 8.10. The van der Waals surface area contributed by atoms with Crippen LogP contribution in [0.2, 0.25) is 0 Å². The molecule has 9 atom stereocenters. The number of likely N-dealkylation sites (N-methyl/N-ethyl adjacent to an activating group) is 2. The normalized spacial score (nSPS) is 37.6. The highest BCUT2D eigenvalue weighted by molar-refractivity contribution is 6.04. The number of piperidine rings is 1. The third-order valence-corrected chi connectivity index (χ3v) is 11.1. The van der Waals surface area contributed by atoms with Gasteiger partial charge in [-0.25, -0.2) is 0 Å². The number of hydrogen-bond acceptors (Lipinski definition) is 11. The number of ether oxygens (including phenoxy) is 5. The van der Waals surface area contributed by atoms with Crippen molar-refractivity contribution in [1.82, 2.24) is 14.7 Å². The van der Waals surface area contributed by atoms with E-state index in [0.717, 1.165) is 58.5 Å². The molecule has 0 amide bonds. The maximum atomic E-state index is 14.3. The topological polar surface area (TPSA) is 110 Å². The molecule has 0 aromatic heterocycles. The first-order chi connectivity index (χ1) is 22.0. The molecule has 3 heterocycles. The first-order valence-electron chi connectivity index (χ1n) is 17.9. The summed E-state index contributed by atoms with van der Waals surface area (Å²) >= 11 is 0. The fourth-order valence-corrected chi connectivity index (χ4v) is 8.10. The molecule has 0 radical (unpaired) electrons. The van der Waals surface area contributed by atoms with Crippen molar-refractivity contribution in [2.45, 2.75) is 122 Å². The Morgan fingerprint density at radius 2 is 1.72 bits per heavy atom. The third kappa shape index (κ3) is 10.4. The number of carbonyl (C=O) groups is 2.